The number of hydrogen-bond acceptors (Lipinski definition) is 1. The Kier molecular flexibility index (Phi) is 2.10. The smallest absolute Gasteiger partial charge is 0.306 e. The van der Waals surface area contributed by atoms with Gasteiger partial charge in [0.1, 0.15) is 0 Å². The predicted molar refractivity (Wildman–Crippen MR) is 38.4 cm³/mol. The third kappa shape index (κ3) is 1.59. The van der Waals surface area contributed by atoms with Crippen molar-refractivity contribution in [3.05, 3.63) is 18.6 Å². The molecule has 0 fully saturated rings. The van der Waals surface area contributed by atoms with Gasteiger partial charge in [0, 0.05) is 0 Å². The predicted octanol–water partition coefficient (Wildman–Crippen LogP) is 1.63. The van der Waals surface area contributed by atoms with Gasteiger partial charge in [-0.25, -0.2) is 0 Å². The van der Waals surface area contributed by atoms with Crippen LogP contribution in [0.3, 0.4) is 0 Å². The van der Waals surface area contributed by atoms with Gasteiger partial charge in [0.15, 0.2) is 0 Å². The van der Waals surface area contributed by atoms with Crippen molar-refractivity contribution in [1.29, 1.82) is 0 Å². The summed E-state index contributed by atoms with van der Waals surface area (Å²) in [7, 11) is 0. The number of carbonyl (C=O) groups is 1. The topological polar surface area (TPSA) is 37.3 Å². The highest BCUT2D eigenvalue weighted by molar-refractivity contribution is 5.70. The van der Waals surface area contributed by atoms with Crippen LogP contribution in [0.4, 0.5) is 0 Å². The Labute approximate surface area is 60.6 Å². The van der Waals surface area contributed by atoms with Crippen molar-refractivity contribution in [2.75, 3.05) is 0 Å². The Morgan fingerprint density at radius 2 is 2.50 bits per heavy atom. The van der Waals surface area contributed by atoms with E-state index in [0.29, 0.717) is 6.42 Å². The zero-order chi connectivity index (χ0) is 7.56. The molecule has 1 radical (unpaired) electrons. The summed E-state index contributed by atoms with van der Waals surface area (Å²) in [6.07, 6.45) is 4.18. The number of allylic oxidation sites excluding steroid dienone is 2. The van der Waals surface area contributed by atoms with Gasteiger partial charge in [-0.2, -0.15) is 0 Å². The molecule has 0 aliphatic heterocycles. The first kappa shape index (κ1) is 7.32. The second-order valence-electron chi connectivity index (χ2n) is 2.67. The van der Waals surface area contributed by atoms with Crippen molar-refractivity contribution in [1.82, 2.24) is 0 Å². The SMILES string of the molecule is [CH2]C1=CCC(C(=O)O)CC1. The summed E-state index contributed by atoms with van der Waals surface area (Å²) < 4.78 is 0. The molecule has 1 unspecified atom stereocenters. The molecule has 10 heavy (non-hydrogen) atoms. The van der Waals surface area contributed by atoms with Crippen molar-refractivity contribution in [2.45, 2.75) is 19.3 Å². The van der Waals surface area contributed by atoms with E-state index in [2.05, 4.69) is 6.92 Å². The van der Waals surface area contributed by atoms with E-state index in [4.69, 9.17) is 5.11 Å². The van der Waals surface area contributed by atoms with Crippen LogP contribution in [0, 0.1) is 12.8 Å². The first-order valence-electron chi connectivity index (χ1n) is 3.44. The van der Waals surface area contributed by atoms with Crippen LogP contribution in [0.25, 0.3) is 0 Å². The maximum absolute atomic E-state index is 10.4. The molecule has 2 heteroatoms. The molecule has 1 rings (SSSR count). The summed E-state index contributed by atoms with van der Waals surface area (Å²) in [5, 5.41) is 8.57. The molecule has 1 aliphatic carbocycles. The lowest BCUT2D eigenvalue weighted by atomic mass is 9.90. The largest absolute Gasteiger partial charge is 0.481 e. The van der Waals surface area contributed by atoms with Gasteiger partial charge >= 0.3 is 5.97 Å². The van der Waals surface area contributed by atoms with Crippen LogP contribution >= 0.6 is 0 Å². The Morgan fingerprint density at radius 3 is 2.90 bits per heavy atom. The van der Waals surface area contributed by atoms with Crippen molar-refractivity contribution in [3.8, 4) is 0 Å². The summed E-state index contributed by atoms with van der Waals surface area (Å²) in [5.41, 5.74) is 1.08. The van der Waals surface area contributed by atoms with Crippen molar-refractivity contribution in [2.24, 2.45) is 5.92 Å². The Bertz CT molecular complexity index is 170. The van der Waals surface area contributed by atoms with Gasteiger partial charge in [0.2, 0.25) is 0 Å². The molecule has 0 spiro atoms. The lowest BCUT2D eigenvalue weighted by molar-refractivity contribution is -0.141. The van der Waals surface area contributed by atoms with Crippen LogP contribution in [-0.2, 0) is 4.79 Å². The first-order chi connectivity index (χ1) is 4.70. The standard InChI is InChI=1S/C8H11O2/c1-6-2-4-7(5-3-6)8(9)10/h2,7H,1,3-5H2,(H,9,10). The van der Waals surface area contributed by atoms with Crippen LogP contribution in [0.1, 0.15) is 19.3 Å². The third-order valence-corrected chi connectivity index (χ3v) is 1.85. The first-order valence-corrected chi connectivity index (χ1v) is 3.44. The lowest BCUT2D eigenvalue weighted by Crippen LogP contribution is -2.15. The molecular formula is C8H11O2. The monoisotopic (exact) mass is 139 g/mol. The van der Waals surface area contributed by atoms with Gasteiger partial charge in [-0.1, -0.05) is 11.6 Å². The molecule has 0 aromatic carbocycles. The Balaban J connectivity index is 2.50. The van der Waals surface area contributed by atoms with Gasteiger partial charge in [0.05, 0.1) is 5.92 Å². The zero-order valence-electron chi connectivity index (χ0n) is 5.84. The Hall–Kier alpha value is -0.790. The highest BCUT2D eigenvalue weighted by Gasteiger charge is 2.18. The van der Waals surface area contributed by atoms with Crippen molar-refractivity contribution < 1.29 is 9.90 Å². The molecule has 1 atom stereocenters. The van der Waals surface area contributed by atoms with Gasteiger partial charge in [-0.3, -0.25) is 4.79 Å². The molecular weight excluding hydrogens is 128 g/mol. The van der Waals surface area contributed by atoms with E-state index < -0.39 is 5.97 Å². The van der Waals surface area contributed by atoms with Crippen LogP contribution in [0.5, 0.6) is 0 Å². The second-order valence-corrected chi connectivity index (χ2v) is 2.67. The van der Waals surface area contributed by atoms with Gasteiger partial charge in [-0.15, -0.1) is 0 Å². The molecule has 0 saturated heterocycles. The van der Waals surface area contributed by atoms with Gasteiger partial charge in [0.25, 0.3) is 0 Å². The summed E-state index contributed by atoms with van der Waals surface area (Å²) in [6, 6.07) is 0. The number of carboxylic acid groups (broad SMARTS) is 1. The van der Waals surface area contributed by atoms with Crippen molar-refractivity contribution in [3.63, 3.8) is 0 Å². The highest BCUT2D eigenvalue weighted by Crippen LogP contribution is 2.22. The highest BCUT2D eigenvalue weighted by atomic mass is 16.4. The minimum absolute atomic E-state index is 0.162. The quantitative estimate of drug-likeness (QED) is 0.599. The van der Waals surface area contributed by atoms with Crippen LogP contribution in [0.2, 0.25) is 0 Å². The lowest BCUT2D eigenvalue weighted by Gasteiger charge is -2.15. The van der Waals surface area contributed by atoms with E-state index in [1.54, 1.807) is 0 Å². The van der Waals surface area contributed by atoms with Gasteiger partial charge in [-0.05, 0) is 26.2 Å². The number of rotatable bonds is 1. The van der Waals surface area contributed by atoms with E-state index >= 15 is 0 Å². The summed E-state index contributed by atoms with van der Waals surface area (Å²) in [6.45, 7) is 3.76. The van der Waals surface area contributed by atoms with E-state index in [1.807, 2.05) is 6.08 Å². The van der Waals surface area contributed by atoms with Crippen LogP contribution in [0.15, 0.2) is 11.6 Å². The number of hydrogen-bond donors (Lipinski definition) is 1. The van der Waals surface area contributed by atoms with E-state index in [9.17, 15) is 4.79 Å². The third-order valence-electron chi connectivity index (χ3n) is 1.85. The molecule has 0 bridgehead atoms. The summed E-state index contributed by atoms with van der Waals surface area (Å²) >= 11 is 0. The molecule has 55 valence electrons. The molecule has 0 saturated carbocycles. The maximum Gasteiger partial charge on any atom is 0.306 e. The Morgan fingerprint density at radius 1 is 1.80 bits per heavy atom. The normalized spacial score (nSPS) is 25.7. The molecule has 0 aromatic heterocycles. The average molecular weight is 139 g/mol. The zero-order valence-corrected chi connectivity index (χ0v) is 5.84. The van der Waals surface area contributed by atoms with Gasteiger partial charge < -0.3 is 5.11 Å². The van der Waals surface area contributed by atoms with Crippen molar-refractivity contribution >= 4 is 5.97 Å². The van der Waals surface area contributed by atoms with Crippen LogP contribution < -0.4 is 0 Å². The summed E-state index contributed by atoms with van der Waals surface area (Å²) in [5.74, 6) is -0.839. The van der Waals surface area contributed by atoms with E-state index in [1.165, 1.54) is 0 Å². The van der Waals surface area contributed by atoms with Crippen LogP contribution in [-0.4, -0.2) is 11.1 Å². The average Bonchev–Trinajstić information content (AvgIpc) is 1.88. The fourth-order valence-corrected chi connectivity index (χ4v) is 1.11. The van der Waals surface area contributed by atoms with E-state index in [0.717, 1.165) is 18.4 Å². The molecule has 1 N–H and O–H groups in total. The minimum Gasteiger partial charge on any atom is -0.481 e. The molecule has 1 aliphatic rings. The fraction of sp³-hybridized carbons (Fsp3) is 0.500. The molecule has 2 nitrogen and oxygen atoms in total. The molecule has 0 heterocycles. The molecule has 0 aromatic rings. The molecule has 0 amide bonds. The second kappa shape index (κ2) is 2.86. The maximum atomic E-state index is 10.4. The summed E-state index contributed by atoms with van der Waals surface area (Å²) in [4.78, 5) is 10.4. The number of carboxylic acids is 1. The van der Waals surface area contributed by atoms with E-state index in [-0.39, 0.29) is 5.92 Å². The number of aliphatic carboxylic acids is 1. The minimum atomic E-state index is -0.677. The fourth-order valence-electron chi connectivity index (χ4n) is 1.11.